The molecule has 1 aromatic carbocycles. The second-order valence-electron chi connectivity index (χ2n) is 3.70. The molecule has 0 saturated heterocycles. The van der Waals surface area contributed by atoms with E-state index < -0.39 is 0 Å². The highest BCUT2D eigenvalue weighted by molar-refractivity contribution is 14.1. The minimum Gasteiger partial charge on any atom is -0.356 e. The van der Waals surface area contributed by atoms with Crippen LogP contribution >= 0.6 is 34.2 Å². The first kappa shape index (κ1) is 12.7. The molecule has 2 aromatic rings. The Labute approximate surface area is 119 Å². The van der Waals surface area contributed by atoms with E-state index in [2.05, 4.69) is 44.4 Å². The first-order valence-electron chi connectivity index (χ1n) is 5.37. The maximum Gasteiger partial charge on any atom is 0.207 e. The number of aryl methyl sites for hydroxylation is 1. The topological polar surface area (TPSA) is 29.9 Å². The van der Waals surface area contributed by atoms with Crippen molar-refractivity contribution in [1.29, 1.82) is 0 Å². The van der Waals surface area contributed by atoms with Gasteiger partial charge in [0.15, 0.2) is 0 Å². The summed E-state index contributed by atoms with van der Waals surface area (Å²) in [5.74, 6) is 0.866. The molecule has 17 heavy (non-hydrogen) atoms. The van der Waals surface area contributed by atoms with Crippen LogP contribution in [-0.4, -0.2) is 16.1 Å². The van der Waals surface area contributed by atoms with Crippen LogP contribution < -0.4 is 5.32 Å². The molecule has 0 atom stereocenters. The Kier molecular flexibility index (Phi) is 3.93. The summed E-state index contributed by atoms with van der Waals surface area (Å²) in [5.41, 5.74) is 2.08. The summed E-state index contributed by atoms with van der Waals surface area (Å²) in [6.45, 7) is 4.89. The average molecular weight is 362 g/mol. The van der Waals surface area contributed by atoms with Gasteiger partial charge < -0.3 is 5.32 Å². The molecule has 0 bridgehead atoms. The van der Waals surface area contributed by atoms with Crippen LogP contribution in [0.1, 0.15) is 12.6 Å². The highest BCUT2D eigenvalue weighted by Gasteiger charge is 2.09. The van der Waals surface area contributed by atoms with E-state index in [0.29, 0.717) is 0 Å². The number of nitrogens with zero attached hydrogens (tertiary/aromatic N) is 2. The van der Waals surface area contributed by atoms with Crippen molar-refractivity contribution in [2.24, 2.45) is 0 Å². The van der Waals surface area contributed by atoms with Crippen molar-refractivity contribution in [3.05, 3.63) is 38.7 Å². The first-order valence-corrected chi connectivity index (χ1v) is 6.82. The molecule has 0 fully saturated rings. The Morgan fingerprint density at radius 1 is 1.47 bits per heavy atom. The van der Waals surface area contributed by atoms with Crippen LogP contribution in [0.15, 0.2) is 24.4 Å². The predicted octanol–water partition coefficient (Wildman–Crippen LogP) is 3.87. The van der Waals surface area contributed by atoms with Gasteiger partial charge >= 0.3 is 0 Å². The number of nitrogens with one attached hydrogen (secondary N) is 1. The number of anilines is 1. The molecule has 1 N–H and O–H groups in total. The fraction of sp³-hybridized carbons (Fsp3) is 0.250. The zero-order chi connectivity index (χ0) is 12.4. The summed E-state index contributed by atoms with van der Waals surface area (Å²) in [4.78, 5) is 4.46. The number of halogens is 2. The average Bonchev–Trinajstić information content (AvgIpc) is 2.60. The zero-order valence-electron chi connectivity index (χ0n) is 9.67. The number of hydrogen-bond acceptors (Lipinski definition) is 2. The molecule has 0 spiro atoms. The Morgan fingerprint density at radius 2 is 2.24 bits per heavy atom. The molecule has 0 aliphatic carbocycles. The van der Waals surface area contributed by atoms with Crippen molar-refractivity contribution in [1.82, 2.24) is 9.55 Å². The minimum absolute atomic E-state index is 0.750. The van der Waals surface area contributed by atoms with E-state index in [1.54, 1.807) is 0 Å². The van der Waals surface area contributed by atoms with Gasteiger partial charge in [0.1, 0.15) is 0 Å². The predicted molar refractivity (Wildman–Crippen MR) is 80.2 cm³/mol. The van der Waals surface area contributed by atoms with Crippen LogP contribution in [-0.2, 0) is 0 Å². The van der Waals surface area contributed by atoms with Crippen molar-refractivity contribution < 1.29 is 0 Å². The Morgan fingerprint density at radius 3 is 2.88 bits per heavy atom. The monoisotopic (exact) mass is 361 g/mol. The number of imidazole rings is 1. The fourth-order valence-corrected chi connectivity index (χ4v) is 2.77. The van der Waals surface area contributed by atoms with Crippen molar-refractivity contribution >= 4 is 40.1 Å². The van der Waals surface area contributed by atoms with Crippen molar-refractivity contribution in [2.45, 2.75) is 13.8 Å². The van der Waals surface area contributed by atoms with Gasteiger partial charge in [0, 0.05) is 21.3 Å². The van der Waals surface area contributed by atoms with Gasteiger partial charge in [-0.05, 0) is 54.6 Å². The van der Waals surface area contributed by atoms with Crippen molar-refractivity contribution in [3.63, 3.8) is 0 Å². The lowest BCUT2D eigenvalue weighted by molar-refractivity contribution is 1.02. The van der Waals surface area contributed by atoms with Crippen LogP contribution in [0.3, 0.4) is 0 Å². The van der Waals surface area contributed by atoms with Crippen LogP contribution in [0.5, 0.6) is 0 Å². The molecule has 1 aromatic heterocycles. The second-order valence-corrected chi connectivity index (χ2v) is 5.30. The molecule has 0 aliphatic rings. The lowest BCUT2D eigenvalue weighted by atomic mass is 10.3. The minimum atomic E-state index is 0.750. The highest BCUT2D eigenvalue weighted by Crippen LogP contribution is 2.24. The van der Waals surface area contributed by atoms with Crippen molar-refractivity contribution in [2.75, 3.05) is 11.9 Å². The maximum atomic E-state index is 5.97. The molecule has 0 amide bonds. The Balaban J connectivity index is 2.51. The lowest BCUT2D eigenvalue weighted by Crippen LogP contribution is -2.05. The summed E-state index contributed by atoms with van der Waals surface area (Å²) in [7, 11) is 0. The third-order valence-electron chi connectivity index (χ3n) is 2.33. The standard InChI is InChI=1S/C12H13ClIN3/c1-3-15-12-16-8(2)7-17(12)11-5-4-9(13)6-10(11)14/h4-7H,3H2,1-2H3,(H,15,16). The molecular formula is C12H13ClIN3. The fourth-order valence-electron chi connectivity index (χ4n) is 1.64. The molecule has 1 heterocycles. The highest BCUT2D eigenvalue weighted by atomic mass is 127. The van der Waals surface area contributed by atoms with E-state index in [4.69, 9.17) is 11.6 Å². The second kappa shape index (κ2) is 5.27. The molecule has 2 rings (SSSR count). The molecular weight excluding hydrogens is 349 g/mol. The SMILES string of the molecule is CCNc1nc(C)cn1-c1ccc(Cl)cc1I. The van der Waals surface area contributed by atoms with Crippen molar-refractivity contribution in [3.8, 4) is 5.69 Å². The number of aromatic nitrogens is 2. The summed E-state index contributed by atoms with van der Waals surface area (Å²) in [6.07, 6.45) is 2.02. The van der Waals surface area contributed by atoms with Crippen LogP contribution in [0.2, 0.25) is 5.02 Å². The van der Waals surface area contributed by atoms with Crippen LogP contribution in [0, 0.1) is 10.5 Å². The third-order valence-corrected chi connectivity index (χ3v) is 3.43. The van der Waals surface area contributed by atoms with Crippen LogP contribution in [0.4, 0.5) is 5.95 Å². The van der Waals surface area contributed by atoms with E-state index in [1.165, 1.54) is 0 Å². The summed E-state index contributed by atoms with van der Waals surface area (Å²) >= 11 is 8.25. The lowest BCUT2D eigenvalue weighted by Gasteiger charge is -2.10. The van der Waals surface area contributed by atoms with Gasteiger partial charge in [-0.3, -0.25) is 4.57 Å². The summed E-state index contributed by atoms with van der Waals surface area (Å²) < 4.78 is 3.16. The normalized spacial score (nSPS) is 10.6. The van der Waals surface area contributed by atoms with E-state index in [1.807, 2.05) is 31.3 Å². The first-order chi connectivity index (χ1) is 8.11. The van der Waals surface area contributed by atoms with Gasteiger partial charge in [-0.2, -0.15) is 0 Å². The Bertz CT molecular complexity index is 537. The molecule has 0 radical (unpaired) electrons. The third kappa shape index (κ3) is 2.74. The number of benzene rings is 1. The smallest absolute Gasteiger partial charge is 0.207 e. The summed E-state index contributed by atoms with van der Waals surface area (Å²) in [6, 6.07) is 5.85. The van der Waals surface area contributed by atoms with Gasteiger partial charge in [-0.1, -0.05) is 11.6 Å². The van der Waals surface area contributed by atoms with E-state index in [-0.39, 0.29) is 0 Å². The Hall–Kier alpha value is -0.750. The molecule has 0 unspecified atom stereocenters. The molecule has 90 valence electrons. The number of rotatable bonds is 3. The summed E-state index contributed by atoms with van der Waals surface area (Å²) in [5, 5.41) is 4.00. The quantitative estimate of drug-likeness (QED) is 0.841. The van der Waals surface area contributed by atoms with Gasteiger partial charge in [0.05, 0.1) is 11.4 Å². The van der Waals surface area contributed by atoms with E-state index in [0.717, 1.165) is 32.5 Å². The molecule has 0 saturated carbocycles. The number of hydrogen-bond donors (Lipinski definition) is 1. The van der Waals surface area contributed by atoms with Crippen LogP contribution in [0.25, 0.3) is 5.69 Å². The van der Waals surface area contributed by atoms with E-state index >= 15 is 0 Å². The van der Waals surface area contributed by atoms with Gasteiger partial charge in [0.25, 0.3) is 0 Å². The van der Waals surface area contributed by atoms with Gasteiger partial charge in [-0.15, -0.1) is 0 Å². The van der Waals surface area contributed by atoms with Gasteiger partial charge in [0.2, 0.25) is 5.95 Å². The van der Waals surface area contributed by atoms with Gasteiger partial charge in [-0.25, -0.2) is 4.98 Å². The zero-order valence-corrected chi connectivity index (χ0v) is 12.6. The van der Waals surface area contributed by atoms with E-state index in [9.17, 15) is 0 Å². The molecule has 0 aliphatic heterocycles. The molecule has 3 nitrogen and oxygen atoms in total. The largest absolute Gasteiger partial charge is 0.356 e. The molecule has 5 heteroatoms. The maximum absolute atomic E-state index is 5.97.